The SMILES string of the molecule is Cn1c(=O)oc2cc(S(=O)(=O)Nc3ccc4ncccc4c3)ccc21. The van der Waals surface area contributed by atoms with Crippen LogP contribution in [0.3, 0.4) is 0 Å². The number of hydrogen-bond donors (Lipinski definition) is 1. The fraction of sp³-hybridized carbons (Fsp3) is 0.0588. The molecule has 8 heteroatoms. The minimum Gasteiger partial charge on any atom is -0.408 e. The second-order valence-electron chi connectivity index (χ2n) is 5.57. The van der Waals surface area contributed by atoms with Crippen molar-refractivity contribution in [1.29, 1.82) is 0 Å². The van der Waals surface area contributed by atoms with Crippen LogP contribution in [0.5, 0.6) is 0 Å². The van der Waals surface area contributed by atoms with Crippen LogP contribution in [0.2, 0.25) is 0 Å². The third-order valence-corrected chi connectivity index (χ3v) is 5.31. The van der Waals surface area contributed by atoms with Gasteiger partial charge in [0.1, 0.15) is 0 Å². The van der Waals surface area contributed by atoms with E-state index < -0.39 is 15.8 Å². The molecule has 0 aliphatic carbocycles. The molecule has 0 saturated carbocycles. The summed E-state index contributed by atoms with van der Waals surface area (Å²) in [5.41, 5.74) is 1.95. The molecule has 0 amide bonds. The largest absolute Gasteiger partial charge is 0.419 e. The van der Waals surface area contributed by atoms with Gasteiger partial charge in [-0.2, -0.15) is 0 Å². The van der Waals surface area contributed by atoms with E-state index in [2.05, 4.69) is 9.71 Å². The molecule has 0 spiro atoms. The van der Waals surface area contributed by atoms with Crippen LogP contribution in [-0.2, 0) is 17.1 Å². The number of rotatable bonds is 3. The lowest BCUT2D eigenvalue weighted by molar-refractivity contribution is 0.527. The van der Waals surface area contributed by atoms with E-state index in [1.807, 2.05) is 6.07 Å². The number of pyridine rings is 1. The summed E-state index contributed by atoms with van der Waals surface area (Å²) < 4.78 is 34.1. The van der Waals surface area contributed by atoms with E-state index in [1.54, 1.807) is 43.6 Å². The van der Waals surface area contributed by atoms with Crippen LogP contribution >= 0.6 is 0 Å². The van der Waals surface area contributed by atoms with Crippen molar-refractivity contribution < 1.29 is 12.8 Å². The summed E-state index contributed by atoms with van der Waals surface area (Å²) in [6.07, 6.45) is 1.68. The van der Waals surface area contributed by atoms with Gasteiger partial charge in [-0.1, -0.05) is 6.07 Å². The lowest BCUT2D eigenvalue weighted by Crippen LogP contribution is -2.13. The zero-order chi connectivity index (χ0) is 17.6. The smallest absolute Gasteiger partial charge is 0.408 e. The van der Waals surface area contributed by atoms with Crippen LogP contribution in [0.1, 0.15) is 0 Å². The number of nitrogens with one attached hydrogen (secondary N) is 1. The Morgan fingerprint density at radius 2 is 1.96 bits per heavy atom. The van der Waals surface area contributed by atoms with Crippen molar-refractivity contribution in [3.63, 3.8) is 0 Å². The van der Waals surface area contributed by atoms with Crippen LogP contribution in [0.25, 0.3) is 22.0 Å². The average molecular weight is 355 g/mol. The van der Waals surface area contributed by atoms with Gasteiger partial charge < -0.3 is 4.42 Å². The maximum absolute atomic E-state index is 12.6. The molecule has 2 heterocycles. The van der Waals surface area contributed by atoms with E-state index >= 15 is 0 Å². The van der Waals surface area contributed by atoms with Crippen molar-refractivity contribution in [3.05, 3.63) is 65.3 Å². The normalized spacial score (nSPS) is 11.9. The van der Waals surface area contributed by atoms with Crippen molar-refractivity contribution in [2.45, 2.75) is 4.90 Å². The van der Waals surface area contributed by atoms with Gasteiger partial charge >= 0.3 is 5.76 Å². The lowest BCUT2D eigenvalue weighted by atomic mass is 10.2. The molecule has 0 aliphatic heterocycles. The van der Waals surface area contributed by atoms with Gasteiger partial charge in [0.2, 0.25) is 0 Å². The van der Waals surface area contributed by atoms with Crippen LogP contribution in [0.15, 0.2) is 68.8 Å². The Kier molecular flexibility index (Phi) is 3.36. The van der Waals surface area contributed by atoms with Gasteiger partial charge in [-0.25, -0.2) is 13.2 Å². The van der Waals surface area contributed by atoms with Crippen LogP contribution in [0.4, 0.5) is 5.69 Å². The molecule has 126 valence electrons. The highest BCUT2D eigenvalue weighted by Crippen LogP contribution is 2.23. The first-order chi connectivity index (χ1) is 11.9. The number of aromatic nitrogens is 2. The standard InChI is InChI=1S/C17H13N3O4S/c1-20-15-7-5-13(10-16(15)24-17(20)21)25(22,23)19-12-4-6-14-11(9-12)3-2-8-18-14/h2-10,19H,1H3. The molecule has 1 N–H and O–H groups in total. The van der Waals surface area contributed by atoms with Gasteiger partial charge in [-0.3, -0.25) is 14.3 Å². The van der Waals surface area contributed by atoms with E-state index in [0.29, 0.717) is 11.2 Å². The minimum atomic E-state index is -3.82. The van der Waals surface area contributed by atoms with Gasteiger partial charge in [0, 0.05) is 30.4 Å². The molecule has 25 heavy (non-hydrogen) atoms. The summed E-state index contributed by atoms with van der Waals surface area (Å²) in [5, 5.41) is 0.826. The Balaban J connectivity index is 1.74. The molecule has 7 nitrogen and oxygen atoms in total. The van der Waals surface area contributed by atoms with Gasteiger partial charge in [0.05, 0.1) is 15.9 Å². The molecule has 0 saturated heterocycles. The fourth-order valence-electron chi connectivity index (χ4n) is 2.63. The number of benzene rings is 2. The van der Waals surface area contributed by atoms with Gasteiger partial charge in [-0.15, -0.1) is 0 Å². The summed E-state index contributed by atoms with van der Waals surface area (Å²) in [6, 6.07) is 13.0. The lowest BCUT2D eigenvalue weighted by Gasteiger charge is -2.09. The topological polar surface area (TPSA) is 94.2 Å². The summed E-state index contributed by atoms with van der Waals surface area (Å²) in [7, 11) is -2.26. The Hall–Kier alpha value is -3.13. The monoisotopic (exact) mass is 355 g/mol. The van der Waals surface area contributed by atoms with E-state index in [4.69, 9.17) is 4.42 Å². The Morgan fingerprint density at radius 1 is 1.12 bits per heavy atom. The molecule has 4 rings (SSSR count). The Morgan fingerprint density at radius 3 is 2.80 bits per heavy atom. The Labute approximate surface area is 142 Å². The zero-order valence-corrected chi connectivity index (χ0v) is 13.9. The van der Waals surface area contributed by atoms with Crippen LogP contribution in [-0.4, -0.2) is 18.0 Å². The summed E-state index contributed by atoms with van der Waals surface area (Å²) in [6.45, 7) is 0. The number of aryl methyl sites for hydroxylation is 1. The minimum absolute atomic E-state index is 0.0145. The van der Waals surface area contributed by atoms with Gasteiger partial charge in [0.25, 0.3) is 10.0 Å². The van der Waals surface area contributed by atoms with E-state index in [-0.39, 0.29) is 10.5 Å². The van der Waals surface area contributed by atoms with E-state index in [0.717, 1.165) is 10.9 Å². The maximum atomic E-state index is 12.6. The maximum Gasteiger partial charge on any atom is 0.419 e. The molecule has 0 radical (unpaired) electrons. The average Bonchev–Trinajstić information content (AvgIpc) is 2.88. The van der Waals surface area contributed by atoms with Gasteiger partial charge in [0.15, 0.2) is 5.58 Å². The number of nitrogens with zero attached hydrogens (tertiary/aromatic N) is 2. The van der Waals surface area contributed by atoms with E-state index in [1.165, 1.54) is 16.7 Å². The molecule has 0 aliphatic rings. The van der Waals surface area contributed by atoms with Crippen LogP contribution in [0, 0.1) is 0 Å². The number of oxazole rings is 1. The van der Waals surface area contributed by atoms with Crippen molar-refractivity contribution >= 4 is 37.7 Å². The second-order valence-corrected chi connectivity index (χ2v) is 7.26. The quantitative estimate of drug-likeness (QED) is 0.609. The predicted octanol–water partition coefficient (Wildman–Crippen LogP) is 2.48. The van der Waals surface area contributed by atoms with Crippen molar-refractivity contribution in [2.24, 2.45) is 7.05 Å². The third kappa shape index (κ3) is 2.66. The number of fused-ring (bicyclic) bond motifs is 2. The molecular formula is C17H13N3O4S. The molecule has 0 atom stereocenters. The first kappa shape index (κ1) is 15.4. The van der Waals surface area contributed by atoms with Crippen molar-refractivity contribution in [2.75, 3.05) is 4.72 Å². The molecule has 2 aromatic carbocycles. The molecule has 4 aromatic rings. The number of anilines is 1. The van der Waals surface area contributed by atoms with Gasteiger partial charge in [-0.05, 0) is 36.4 Å². The van der Waals surface area contributed by atoms with Crippen molar-refractivity contribution in [3.8, 4) is 0 Å². The second kappa shape index (κ2) is 5.45. The molecular weight excluding hydrogens is 342 g/mol. The van der Waals surface area contributed by atoms with E-state index in [9.17, 15) is 13.2 Å². The molecule has 0 fully saturated rings. The molecule has 0 unspecified atom stereocenters. The fourth-order valence-corrected chi connectivity index (χ4v) is 3.70. The summed E-state index contributed by atoms with van der Waals surface area (Å²) >= 11 is 0. The highest BCUT2D eigenvalue weighted by Gasteiger charge is 2.17. The van der Waals surface area contributed by atoms with Crippen molar-refractivity contribution in [1.82, 2.24) is 9.55 Å². The molecule has 0 bridgehead atoms. The first-order valence-corrected chi connectivity index (χ1v) is 8.89. The number of sulfonamides is 1. The Bertz CT molecular complexity index is 1270. The first-order valence-electron chi connectivity index (χ1n) is 7.41. The third-order valence-electron chi connectivity index (χ3n) is 3.93. The van der Waals surface area contributed by atoms with Crippen LogP contribution < -0.4 is 10.5 Å². The zero-order valence-electron chi connectivity index (χ0n) is 13.1. The molecule has 2 aromatic heterocycles. The number of hydrogen-bond acceptors (Lipinski definition) is 5. The predicted molar refractivity (Wildman–Crippen MR) is 94.0 cm³/mol. The highest BCUT2D eigenvalue weighted by molar-refractivity contribution is 7.92. The highest BCUT2D eigenvalue weighted by atomic mass is 32.2. The summed E-state index contributed by atoms with van der Waals surface area (Å²) in [4.78, 5) is 15.8. The summed E-state index contributed by atoms with van der Waals surface area (Å²) in [5.74, 6) is -0.542.